The minimum absolute atomic E-state index is 0.00265. The maximum atomic E-state index is 13.3. The van der Waals surface area contributed by atoms with E-state index in [2.05, 4.69) is 5.32 Å². The van der Waals surface area contributed by atoms with Crippen LogP contribution in [0.3, 0.4) is 0 Å². The fourth-order valence-electron chi connectivity index (χ4n) is 4.01. The van der Waals surface area contributed by atoms with Gasteiger partial charge in [0, 0.05) is 11.7 Å². The molecule has 1 N–H and O–H groups in total. The lowest BCUT2D eigenvalue weighted by molar-refractivity contribution is -0.115. The Morgan fingerprint density at radius 2 is 1.90 bits per heavy atom. The van der Waals surface area contributed by atoms with Gasteiger partial charge in [0.2, 0.25) is 5.91 Å². The minimum Gasteiger partial charge on any atom is -0.325 e. The molecule has 1 aliphatic carbocycles. The summed E-state index contributed by atoms with van der Waals surface area (Å²) in [6, 6.07) is 13.6. The Balaban J connectivity index is 1.65. The molecule has 1 aliphatic rings. The Bertz CT molecular complexity index is 1150. The molecule has 2 aromatic carbocycles. The van der Waals surface area contributed by atoms with Crippen molar-refractivity contribution in [2.24, 2.45) is 0 Å². The van der Waals surface area contributed by atoms with Crippen molar-refractivity contribution in [3.63, 3.8) is 0 Å². The third-order valence-corrected chi connectivity index (χ3v) is 6.83. The summed E-state index contributed by atoms with van der Waals surface area (Å²) in [5, 5.41) is 3.93. The van der Waals surface area contributed by atoms with Crippen molar-refractivity contribution in [2.75, 3.05) is 5.32 Å². The topological polar surface area (TPSA) is 64.0 Å². The van der Waals surface area contributed by atoms with Gasteiger partial charge >= 0.3 is 0 Å². The van der Waals surface area contributed by atoms with Gasteiger partial charge in [-0.1, -0.05) is 48.9 Å². The van der Waals surface area contributed by atoms with E-state index < -0.39 is 0 Å². The van der Waals surface area contributed by atoms with Crippen molar-refractivity contribution < 1.29 is 4.79 Å². The fraction of sp³-hybridized carbons (Fsp3) is 0.375. The van der Waals surface area contributed by atoms with Gasteiger partial charge in [-0.2, -0.15) is 0 Å². The second-order valence-electron chi connectivity index (χ2n) is 8.09. The highest BCUT2D eigenvalue weighted by molar-refractivity contribution is 8.00. The van der Waals surface area contributed by atoms with E-state index in [9.17, 15) is 9.59 Å². The quantitative estimate of drug-likeness (QED) is 0.451. The number of aryl methyl sites for hydroxylation is 2. The summed E-state index contributed by atoms with van der Waals surface area (Å²) >= 11 is 1.36. The number of carbonyl (C=O) groups excluding carboxylic acids is 1. The third-order valence-electron chi connectivity index (χ3n) is 5.77. The summed E-state index contributed by atoms with van der Waals surface area (Å²) in [5.74, 6) is -0.0888. The van der Waals surface area contributed by atoms with Crippen molar-refractivity contribution in [3.8, 4) is 0 Å². The summed E-state index contributed by atoms with van der Waals surface area (Å²) in [5.41, 5.74) is 3.63. The first kappa shape index (κ1) is 20.7. The maximum absolute atomic E-state index is 13.3. The molecule has 1 atom stereocenters. The number of amides is 1. The van der Waals surface area contributed by atoms with Gasteiger partial charge in [0.25, 0.3) is 5.56 Å². The number of benzene rings is 2. The molecule has 6 heteroatoms. The van der Waals surface area contributed by atoms with E-state index in [1.807, 2.05) is 67.8 Å². The first-order valence-electron chi connectivity index (χ1n) is 10.5. The van der Waals surface area contributed by atoms with Gasteiger partial charge in [0.1, 0.15) is 0 Å². The van der Waals surface area contributed by atoms with Crippen molar-refractivity contribution in [2.45, 2.75) is 62.9 Å². The minimum atomic E-state index is -0.384. The van der Waals surface area contributed by atoms with E-state index in [4.69, 9.17) is 4.98 Å². The van der Waals surface area contributed by atoms with E-state index in [-0.39, 0.29) is 22.8 Å². The molecule has 1 aromatic heterocycles. The van der Waals surface area contributed by atoms with Crippen LogP contribution in [0.15, 0.2) is 52.4 Å². The number of para-hydroxylation sites is 1. The molecule has 5 nitrogen and oxygen atoms in total. The number of nitrogens with one attached hydrogen (secondary N) is 1. The largest absolute Gasteiger partial charge is 0.325 e. The zero-order chi connectivity index (χ0) is 21.3. The van der Waals surface area contributed by atoms with Gasteiger partial charge < -0.3 is 5.32 Å². The monoisotopic (exact) mass is 421 g/mol. The SMILES string of the molecule is Cc1ccc(C)c(NC(=O)[C@@H](C)Sc2nc3ccccc3c(=O)n2C2CCCC2)c1. The number of hydrogen-bond donors (Lipinski definition) is 1. The molecular formula is C24H27N3O2S. The number of aromatic nitrogens is 2. The van der Waals surface area contributed by atoms with Gasteiger partial charge in [-0.3, -0.25) is 14.2 Å². The molecule has 1 heterocycles. The lowest BCUT2D eigenvalue weighted by atomic mass is 10.1. The molecular weight excluding hydrogens is 394 g/mol. The van der Waals surface area contributed by atoms with Crippen molar-refractivity contribution in [1.29, 1.82) is 0 Å². The number of hydrogen-bond acceptors (Lipinski definition) is 4. The third kappa shape index (κ3) is 4.15. The van der Waals surface area contributed by atoms with Crippen LogP contribution in [0.5, 0.6) is 0 Å². The number of rotatable bonds is 5. The van der Waals surface area contributed by atoms with Gasteiger partial charge in [0.15, 0.2) is 5.16 Å². The number of thioether (sulfide) groups is 1. The molecule has 4 rings (SSSR count). The predicted molar refractivity (Wildman–Crippen MR) is 123 cm³/mol. The van der Waals surface area contributed by atoms with E-state index in [0.29, 0.717) is 16.1 Å². The smallest absolute Gasteiger partial charge is 0.262 e. The van der Waals surface area contributed by atoms with Crippen LogP contribution in [-0.4, -0.2) is 20.7 Å². The molecule has 156 valence electrons. The number of nitrogens with zero attached hydrogens (tertiary/aromatic N) is 2. The summed E-state index contributed by atoms with van der Waals surface area (Å²) in [6.07, 6.45) is 4.21. The van der Waals surface area contributed by atoms with Crippen LogP contribution in [0.2, 0.25) is 0 Å². The molecule has 1 fully saturated rings. The lowest BCUT2D eigenvalue weighted by Gasteiger charge is -2.20. The molecule has 0 aliphatic heterocycles. The van der Waals surface area contributed by atoms with E-state index >= 15 is 0 Å². The van der Waals surface area contributed by atoms with Gasteiger partial charge in [-0.25, -0.2) is 4.98 Å². The first-order chi connectivity index (χ1) is 14.4. The molecule has 0 unspecified atom stereocenters. The number of fused-ring (bicyclic) bond motifs is 1. The van der Waals surface area contributed by atoms with Crippen LogP contribution in [0.1, 0.15) is 49.8 Å². The maximum Gasteiger partial charge on any atom is 0.262 e. The Kier molecular flexibility index (Phi) is 5.95. The fourth-order valence-corrected chi connectivity index (χ4v) is 4.99. The van der Waals surface area contributed by atoms with Crippen molar-refractivity contribution in [1.82, 2.24) is 9.55 Å². The standard InChI is InChI=1S/C24H27N3O2S/c1-15-12-13-16(2)21(14-15)25-22(28)17(3)30-24-26-20-11-7-6-10-19(20)23(29)27(24)18-8-4-5-9-18/h6-7,10-14,17-18H,4-5,8-9H2,1-3H3,(H,25,28)/t17-/m1/s1. The van der Waals surface area contributed by atoms with E-state index in [1.54, 1.807) is 0 Å². The first-order valence-corrected chi connectivity index (χ1v) is 11.4. The Morgan fingerprint density at radius 1 is 1.17 bits per heavy atom. The second kappa shape index (κ2) is 8.64. The summed E-state index contributed by atoms with van der Waals surface area (Å²) < 4.78 is 1.84. The zero-order valence-corrected chi connectivity index (χ0v) is 18.5. The molecule has 0 saturated heterocycles. The van der Waals surface area contributed by atoms with Crippen molar-refractivity contribution in [3.05, 3.63) is 63.9 Å². The molecule has 1 saturated carbocycles. The Hall–Kier alpha value is -2.60. The highest BCUT2D eigenvalue weighted by Crippen LogP contribution is 2.33. The Morgan fingerprint density at radius 3 is 2.67 bits per heavy atom. The van der Waals surface area contributed by atoms with E-state index in [0.717, 1.165) is 42.5 Å². The van der Waals surface area contributed by atoms with Crippen LogP contribution >= 0.6 is 11.8 Å². The van der Waals surface area contributed by atoms with Gasteiger partial charge in [0.05, 0.1) is 16.2 Å². The molecule has 30 heavy (non-hydrogen) atoms. The molecule has 0 radical (unpaired) electrons. The summed E-state index contributed by atoms with van der Waals surface area (Å²) in [6.45, 7) is 5.85. The normalized spacial score (nSPS) is 15.4. The zero-order valence-electron chi connectivity index (χ0n) is 17.6. The Labute approximate surface area is 180 Å². The average Bonchev–Trinajstić information content (AvgIpc) is 3.25. The van der Waals surface area contributed by atoms with Gasteiger partial charge in [-0.15, -0.1) is 0 Å². The highest BCUT2D eigenvalue weighted by Gasteiger charge is 2.25. The van der Waals surface area contributed by atoms with Crippen LogP contribution < -0.4 is 10.9 Å². The predicted octanol–water partition coefficient (Wildman–Crippen LogP) is 5.25. The summed E-state index contributed by atoms with van der Waals surface area (Å²) in [7, 11) is 0. The number of anilines is 1. The van der Waals surface area contributed by atoms with Crippen molar-refractivity contribution >= 4 is 34.3 Å². The second-order valence-corrected chi connectivity index (χ2v) is 9.40. The lowest BCUT2D eigenvalue weighted by Crippen LogP contribution is -2.29. The van der Waals surface area contributed by atoms with Crippen LogP contribution in [0.4, 0.5) is 5.69 Å². The molecule has 3 aromatic rings. The van der Waals surface area contributed by atoms with Gasteiger partial charge in [-0.05, 0) is 62.9 Å². The molecule has 0 bridgehead atoms. The molecule has 1 amide bonds. The molecule has 0 spiro atoms. The van der Waals surface area contributed by atoms with E-state index in [1.165, 1.54) is 11.8 Å². The highest BCUT2D eigenvalue weighted by atomic mass is 32.2. The van der Waals surface area contributed by atoms with Crippen LogP contribution in [0.25, 0.3) is 10.9 Å². The summed E-state index contributed by atoms with van der Waals surface area (Å²) in [4.78, 5) is 31.0. The van der Waals surface area contributed by atoms with Crippen LogP contribution in [0, 0.1) is 13.8 Å². The van der Waals surface area contributed by atoms with Crippen LogP contribution in [-0.2, 0) is 4.79 Å². The average molecular weight is 422 g/mol. The number of carbonyl (C=O) groups is 1.